The summed E-state index contributed by atoms with van der Waals surface area (Å²) in [5.74, 6) is 0. The molecule has 1 spiro atoms. The molecule has 0 bridgehead atoms. The minimum absolute atomic E-state index is 1.38. The molecule has 0 aromatic heterocycles. The monoisotopic (exact) mass is 412 g/mol. The van der Waals surface area contributed by atoms with E-state index in [1.165, 1.54) is 48.8 Å². The molecule has 2 heterocycles. The van der Waals surface area contributed by atoms with Crippen LogP contribution in [-0.2, 0) is 0 Å². The summed E-state index contributed by atoms with van der Waals surface area (Å²) in [5, 5.41) is 7.37. The Balaban J connectivity index is 1.88. The molecule has 0 amide bonds. The van der Waals surface area contributed by atoms with Crippen LogP contribution in [-0.4, -0.2) is 0 Å². The van der Waals surface area contributed by atoms with Gasteiger partial charge in [-0.1, -0.05) is 0 Å². The zero-order chi connectivity index (χ0) is 20.5. The molecule has 146 valence electrons. The zero-order valence-corrected chi connectivity index (χ0v) is 18.0. The van der Waals surface area contributed by atoms with Crippen molar-refractivity contribution in [1.82, 2.24) is 0 Å². The molecule has 31 heavy (non-hydrogen) atoms. The molecule has 0 unspecified atom stereocenters. The average molecular weight is 412 g/mol. The second kappa shape index (κ2) is 5.82. The summed E-state index contributed by atoms with van der Waals surface area (Å²) in [6.07, 6.45) is 0. The van der Waals surface area contributed by atoms with Gasteiger partial charge in [0.25, 0.3) is 0 Å². The van der Waals surface area contributed by atoms with Crippen molar-refractivity contribution >= 4 is 33.1 Å². The van der Waals surface area contributed by atoms with E-state index in [1.807, 2.05) is 0 Å². The first-order chi connectivity index (χ1) is 15.4. The molecular formula is C30H21P. The summed E-state index contributed by atoms with van der Waals surface area (Å²) in [6.45, 7) is -3.11. The van der Waals surface area contributed by atoms with Crippen LogP contribution < -0.4 is 26.5 Å². The van der Waals surface area contributed by atoms with Crippen LogP contribution in [0, 0.1) is 0 Å². The van der Waals surface area contributed by atoms with Gasteiger partial charge in [-0.25, -0.2) is 0 Å². The number of hydrogen-bond donors (Lipinski definition) is 0. The quantitative estimate of drug-likeness (QED) is 0.328. The Kier molecular flexibility index (Phi) is 3.23. The van der Waals surface area contributed by atoms with E-state index in [9.17, 15) is 0 Å². The van der Waals surface area contributed by atoms with Crippen LogP contribution in [0.4, 0.5) is 0 Å². The minimum atomic E-state index is -3.11. The van der Waals surface area contributed by atoms with Gasteiger partial charge in [-0.05, 0) is 0 Å². The normalized spacial score (nSPS) is 17.1. The van der Waals surface area contributed by atoms with E-state index in [1.54, 1.807) is 0 Å². The van der Waals surface area contributed by atoms with Crippen LogP contribution >= 0.6 is 6.60 Å². The van der Waals surface area contributed by atoms with Crippen molar-refractivity contribution in [3.8, 4) is 22.3 Å². The number of hydrogen-bond acceptors (Lipinski definition) is 0. The van der Waals surface area contributed by atoms with Crippen LogP contribution in [0.3, 0.4) is 0 Å². The maximum absolute atomic E-state index is 3.11. The van der Waals surface area contributed by atoms with Crippen LogP contribution in [0.5, 0.6) is 0 Å². The first kappa shape index (κ1) is 17.2. The van der Waals surface area contributed by atoms with Crippen molar-refractivity contribution in [2.24, 2.45) is 0 Å². The van der Waals surface area contributed by atoms with E-state index in [0.29, 0.717) is 0 Å². The third-order valence-corrected chi connectivity index (χ3v) is 14.1. The Morgan fingerprint density at radius 3 is 0.935 bits per heavy atom. The van der Waals surface area contributed by atoms with Gasteiger partial charge in [-0.2, -0.15) is 0 Å². The van der Waals surface area contributed by atoms with E-state index < -0.39 is 6.60 Å². The number of fused-ring (bicyclic) bond motifs is 10. The molecule has 0 saturated heterocycles. The van der Waals surface area contributed by atoms with Crippen molar-refractivity contribution in [3.63, 3.8) is 0 Å². The molecule has 0 fully saturated rings. The van der Waals surface area contributed by atoms with Crippen molar-refractivity contribution in [1.29, 1.82) is 0 Å². The Morgan fingerprint density at radius 2 is 0.581 bits per heavy atom. The topological polar surface area (TPSA) is 0 Å². The van der Waals surface area contributed by atoms with Gasteiger partial charge in [0.05, 0.1) is 0 Å². The van der Waals surface area contributed by atoms with Gasteiger partial charge in [-0.15, -0.1) is 0 Å². The standard InChI is InChI=1S/C30H21P/c1-2-12-22(13-3-1)31(27-18-8-4-14-23(27)24-15-5-9-19-28(24)31)29-20-10-6-16-25(29)26-17-7-11-21-30(26)31/h1-21H. The summed E-state index contributed by atoms with van der Waals surface area (Å²) in [6, 6.07) is 47.9. The van der Waals surface area contributed by atoms with Gasteiger partial charge in [0, 0.05) is 0 Å². The van der Waals surface area contributed by atoms with Gasteiger partial charge < -0.3 is 0 Å². The van der Waals surface area contributed by atoms with Gasteiger partial charge in [0.15, 0.2) is 0 Å². The fourth-order valence-corrected chi connectivity index (χ4v) is 14.1. The van der Waals surface area contributed by atoms with Gasteiger partial charge in [0.2, 0.25) is 0 Å². The summed E-state index contributed by atoms with van der Waals surface area (Å²) in [4.78, 5) is 0. The molecule has 0 nitrogen and oxygen atoms in total. The first-order valence-electron chi connectivity index (χ1n) is 10.8. The van der Waals surface area contributed by atoms with E-state index in [4.69, 9.17) is 0 Å². The molecule has 0 aliphatic carbocycles. The summed E-state index contributed by atoms with van der Waals surface area (Å²) in [5.41, 5.74) is 5.52. The predicted octanol–water partition coefficient (Wildman–Crippen LogP) is 5.13. The van der Waals surface area contributed by atoms with E-state index in [-0.39, 0.29) is 0 Å². The van der Waals surface area contributed by atoms with E-state index in [0.717, 1.165) is 0 Å². The van der Waals surface area contributed by atoms with Crippen LogP contribution in [0.1, 0.15) is 0 Å². The fourth-order valence-electron chi connectivity index (χ4n) is 6.43. The number of benzene rings is 5. The third kappa shape index (κ3) is 1.71. The third-order valence-electron chi connectivity index (χ3n) is 7.40. The van der Waals surface area contributed by atoms with Crippen molar-refractivity contribution in [2.45, 2.75) is 0 Å². The maximum atomic E-state index is 2.40. The Labute approximate surface area is 182 Å². The average Bonchev–Trinajstić information content (AvgIpc) is 3.29. The van der Waals surface area contributed by atoms with Crippen molar-refractivity contribution in [2.75, 3.05) is 0 Å². The number of rotatable bonds is 1. The Bertz CT molecular complexity index is 1300. The van der Waals surface area contributed by atoms with E-state index >= 15 is 0 Å². The molecule has 2 aliphatic heterocycles. The molecule has 0 N–H and O–H groups in total. The second-order valence-electron chi connectivity index (χ2n) is 8.52. The van der Waals surface area contributed by atoms with Gasteiger partial charge >= 0.3 is 183 Å². The second-order valence-corrected chi connectivity index (χ2v) is 13.2. The van der Waals surface area contributed by atoms with Crippen molar-refractivity contribution < 1.29 is 0 Å². The molecule has 5 aromatic rings. The molecule has 0 atom stereocenters. The molecule has 0 saturated carbocycles. The van der Waals surface area contributed by atoms with Gasteiger partial charge in [0.1, 0.15) is 0 Å². The SMILES string of the molecule is c1ccc(P23(c4ccccc4-c4ccccc42)c2ccccc2-c2ccccc23)cc1. The van der Waals surface area contributed by atoms with Crippen LogP contribution in [0.15, 0.2) is 127 Å². The van der Waals surface area contributed by atoms with Crippen molar-refractivity contribution in [3.05, 3.63) is 127 Å². The summed E-state index contributed by atoms with van der Waals surface area (Å²) >= 11 is 0. The van der Waals surface area contributed by atoms with Crippen LogP contribution in [0.25, 0.3) is 22.3 Å². The molecule has 0 radical (unpaired) electrons. The predicted molar refractivity (Wildman–Crippen MR) is 135 cm³/mol. The summed E-state index contributed by atoms with van der Waals surface area (Å²) < 4.78 is 0. The fraction of sp³-hybridized carbons (Fsp3) is 0. The molecule has 7 rings (SSSR count). The Morgan fingerprint density at radius 1 is 0.290 bits per heavy atom. The zero-order valence-electron chi connectivity index (χ0n) is 17.1. The van der Waals surface area contributed by atoms with Gasteiger partial charge in [-0.3, -0.25) is 0 Å². The molecule has 5 aromatic carbocycles. The van der Waals surface area contributed by atoms with Crippen LogP contribution in [0.2, 0.25) is 0 Å². The van der Waals surface area contributed by atoms with E-state index in [2.05, 4.69) is 127 Å². The molecule has 1 heteroatoms. The molecular weight excluding hydrogens is 391 g/mol. The Hall–Kier alpha value is -3.47. The summed E-state index contributed by atoms with van der Waals surface area (Å²) in [7, 11) is 0. The molecule has 2 aliphatic rings. The first-order valence-corrected chi connectivity index (χ1v) is 13.1.